The van der Waals surface area contributed by atoms with Crippen molar-refractivity contribution in [1.82, 2.24) is 4.90 Å². The topological polar surface area (TPSA) is 87.7 Å². The van der Waals surface area contributed by atoms with Crippen LogP contribution in [-0.4, -0.2) is 45.5 Å². The molecule has 0 radical (unpaired) electrons. The van der Waals surface area contributed by atoms with E-state index in [0.717, 1.165) is 62.9 Å². The zero-order chi connectivity index (χ0) is 25.3. The maximum Gasteiger partial charge on any atom is 0.264 e. The van der Waals surface area contributed by atoms with Crippen molar-refractivity contribution in [3.63, 3.8) is 0 Å². The highest BCUT2D eigenvalue weighted by Crippen LogP contribution is 2.55. The summed E-state index contributed by atoms with van der Waals surface area (Å²) in [6.07, 6.45) is 6.25. The number of nitrogens with zero attached hydrogens (tertiary/aromatic N) is 1. The smallest absolute Gasteiger partial charge is 0.264 e. The molecule has 2 aliphatic carbocycles. The number of anilines is 2. The molecule has 0 unspecified atom stereocenters. The Balaban J connectivity index is 1.34. The molecule has 2 N–H and O–H groups in total. The summed E-state index contributed by atoms with van der Waals surface area (Å²) in [5.74, 6) is -0.533. The van der Waals surface area contributed by atoms with E-state index < -0.39 is 26.2 Å². The second-order valence-corrected chi connectivity index (χ2v) is 13.0. The van der Waals surface area contributed by atoms with E-state index in [0.29, 0.717) is 24.3 Å². The van der Waals surface area contributed by atoms with Crippen LogP contribution >= 0.6 is 11.6 Å². The highest BCUT2D eigenvalue weighted by molar-refractivity contribution is 7.92. The molecule has 0 bridgehead atoms. The molecule has 3 fully saturated rings. The van der Waals surface area contributed by atoms with E-state index in [2.05, 4.69) is 22.0 Å². The lowest BCUT2D eigenvalue weighted by molar-refractivity contribution is -0.120. The Hall–Kier alpha value is -2.36. The summed E-state index contributed by atoms with van der Waals surface area (Å²) in [5.41, 5.74) is 1.23. The third-order valence-electron chi connectivity index (χ3n) is 8.43. The molecule has 4 aliphatic rings. The molecule has 192 valence electrons. The van der Waals surface area contributed by atoms with Gasteiger partial charge in [-0.2, -0.15) is 0 Å². The lowest BCUT2D eigenvalue weighted by Crippen LogP contribution is -2.45. The molecule has 36 heavy (non-hydrogen) atoms. The van der Waals surface area contributed by atoms with Crippen LogP contribution in [0.25, 0.3) is 0 Å². The Bertz CT molecular complexity index is 1350. The van der Waals surface area contributed by atoms with Crippen LogP contribution in [0.3, 0.4) is 0 Å². The van der Waals surface area contributed by atoms with Crippen LogP contribution in [0.5, 0.6) is 5.75 Å². The molecular formula is C26H29ClFN3O4S. The first-order chi connectivity index (χ1) is 17.1. The molecule has 0 aromatic heterocycles. The highest BCUT2D eigenvalue weighted by atomic mass is 35.5. The van der Waals surface area contributed by atoms with Crippen LogP contribution in [0.15, 0.2) is 35.2 Å². The highest BCUT2D eigenvalue weighted by Gasteiger charge is 2.52. The number of carbonyl (C=O) groups excluding carboxylic acids is 1. The summed E-state index contributed by atoms with van der Waals surface area (Å²) in [5, 5.41) is 3.14. The number of halogens is 2. The van der Waals surface area contributed by atoms with Gasteiger partial charge in [0, 0.05) is 17.6 Å². The van der Waals surface area contributed by atoms with E-state index in [4.69, 9.17) is 16.3 Å². The number of fused-ring (bicyclic) bond motifs is 2. The monoisotopic (exact) mass is 533 g/mol. The number of ether oxygens (including phenoxy) is 1. The number of carbonyl (C=O) groups is 1. The predicted molar refractivity (Wildman–Crippen MR) is 136 cm³/mol. The Morgan fingerprint density at radius 3 is 2.58 bits per heavy atom. The molecule has 1 amide bonds. The third kappa shape index (κ3) is 3.87. The summed E-state index contributed by atoms with van der Waals surface area (Å²) >= 11 is 5.80. The molecule has 0 atom stereocenters. The summed E-state index contributed by atoms with van der Waals surface area (Å²) in [7, 11) is -2.11. The number of sulfonamides is 1. The molecule has 2 aromatic carbocycles. The number of hydrogen-bond acceptors (Lipinski definition) is 5. The fraction of sp³-hybridized carbons (Fsp3) is 0.500. The van der Waals surface area contributed by atoms with E-state index in [1.807, 2.05) is 0 Å². The van der Waals surface area contributed by atoms with Crippen LogP contribution < -0.4 is 14.8 Å². The average Bonchev–Trinajstić information content (AvgIpc) is 3.48. The van der Waals surface area contributed by atoms with E-state index >= 15 is 0 Å². The first-order valence-corrected chi connectivity index (χ1v) is 14.3. The normalized spacial score (nSPS) is 26.8. The van der Waals surface area contributed by atoms with Crippen molar-refractivity contribution in [1.29, 1.82) is 0 Å². The Morgan fingerprint density at radius 2 is 1.92 bits per heavy atom. The van der Waals surface area contributed by atoms with E-state index in [1.54, 1.807) is 12.1 Å². The van der Waals surface area contributed by atoms with Crippen LogP contribution in [0.4, 0.5) is 15.8 Å². The molecule has 1 saturated heterocycles. The molecule has 2 aliphatic heterocycles. The van der Waals surface area contributed by atoms with Gasteiger partial charge in [-0.3, -0.25) is 9.52 Å². The van der Waals surface area contributed by atoms with E-state index in [9.17, 15) is 17.6 Å². The minimum Gasteiger partial charge on any atom is -0.488 e. The van der Waals surface area contributed by atoms with Gasteiger partial charge in [-0.15, -0.1) is 0 Å². The largest absolute Gasteiger partial charge is 0.488 e. The van der Waals surface area contributed by atoms with Crippen molar-refractivity contribution in [3.8, 4) is 5.75 Å². The molecule has 2 spiro atoms. The molecular weight excluding hydrogens is 505 g/mol. The minimum absolute atomic E-state index is 0.00167. The van der Waals surface area contributed by atoms with Crippen LogP contribution in [-0.2, 0) is 20.2 Å². The summed E-state index contributed by atoms with van der Waals surface area (Å²) < 4.78 is 49.6. The van der Waals surface area contributed by atoms with E-state index in [-0.39, 0.29) is 28.1 Å². The second-order valence-electron chi connectivity index (χ2n) is 11.0. The molecule has 2 saturated carbocycles. The number of likely N-dealkylation sites (tertiary alicyclic amines) is 1. The fourth-order valence-electron chi connectivity index (χ4n) is 6.67. The number of rotatable bonds is 5. The van der Waals surface area contributed by atoms with Gasteiger partial charge in [0.25, 0.3) is 10.0 Å². The summed E-state index contributed by atoms with van der Waals surface area (Å²) in [6.45, 7) is 2.14. The van der Waals surface area contributed by atoms with Crippen molar-refractivity contribution >= 4 is 38.9 Å². The van der Waals surface area contributed by atoms with Crippen LogP contribution in [0.2, 0.25) is 5.02 Å². The number of nitrogens with one attached hydrogen (secondary N) is 2. The summed E-state index contributed by atoms with van der Waals surface area (Å²) in [6, 6.07) is 6.74. The standard InChI is InChI=1S/C26H29ClFN3O4S/c1-31-9-8-25(15-31)13-18(14-25)35-21-12-17(30-36(33,34)22-5-4-16(27)10-20(22)28)11-19-23(21)29-24(32)26(19)6-2-3-7-26/h4-5,10-12,18,30H,2-3,6-9,13-15H2,1H3,(H,29,32). The van der Waals surface area contributed by atoms with Crippen molar-refractivity contribution in [3.05, 3.63) is 46.7 Å². The summed E-state index contributed by atoms with van der Waals surface area (Å²) in [4.78, 5) is 15.0. The average molecular weight is 534 g/mol. The maximum atomic E-state index is 14.5. The van der Waals surface area contributed by atoms with Gasteiger partial charge in [-0.25, -0.2) is 12.8 Å². The van der Waals surface area contributed by atoms with Crippen molar-refractivity contribution in [2.45, 2.75) is 61.4 Å². The van der Waals surface area contributed by atoms with Gasteiger partial charge in [0.2, 0.25) is 5.91 Å². The van der Waals surface area contributed by atoms with Gasteiger partial charge in [-0.05, 0) is 80.9 Å². The SMILES string of the molecule is CN1CCC2(CC(Oc3cc(NS(=O)(=O)c4ccc(Cl)cc4F)cc4c3NC(=O)C43CCCC3)C2)C1. The fourth-order valence-corrected chi connectivity index (χ4v) is 7.93. The van der Waals surface area contributed by atoms with Gasteiger partial charge < -0.3 is 15.0 Å². The van der Waals surface area contributed by atoms with Crippen molar-refractivity contribution in [2.75, 3.05) is 30.2 Å². The number of hydrogen-bond donors (Lipinski definition) is 2. The molecule has 6 rings (SSSR count). The second kappa shape index (κ2) is 8.33. The lowest BCUT2D eigenvalue weighted by atomic mass is 9.66. The lowest BCUT2D eigenvalue weighted by Gasteiger charge is -2.45. The van der Waals surface area contributed by atoms with Crippen molar-refractivity contribution in [2.24, 2.45) is 5.41 Å². The first-order valence-electron chi connectivity index (χ1n) is 12.4. The van der Waals surface area contributed by atoms with Gasteiger partial charge in [0.15, 0.2) is 0 Å². The number of amides is 1. The zero-order valence-electron chi connectivity index (χ0n) is 20.1. The Kier molecular flexibility index (Phi) is 5.55. The molecule has 2 heterocycles. The molecule has 2 aromatic rings. The quantitative estimate of drug-likeness (QED) is 0.570. The maximum absolute atomic E-state index is 14.5. The third-order valence-corrected chi connectivity index (χ3v) is 10.1. The Labute approximate surface area is 215 Å². The molecule has 7 nitrogen and oxygen atoms in total. The minimum atomic E-state index is -4.24. The number of benzene rings is 2. The van der Waals surface area contributed by atoms with Gasteiger partial charge in [0.1, 0.15) is 16.5 Å². The molecule has 10 heteroatoms. The van der Waals surface area contributed by atoms with Crippen LogP contribution in [0.1, 0.15) is 50.5 Å². The van der Waals surface area contributed by atoms with E-state index in [1.165, 1.54) is 6.07 Å². The van der Waals surface area contributed by atoms with Gasteiger partial charge in [-0.1, -0.05) is 24.4 Å². The first kappa shape index (κ1) is 24.0. The van der Waals surface area contributed by atoms with Crippen molar-refractivity contribution < 1.29 is 22.3 Å². The predicted octanol–water partition coefficient (Wildman–Crippen LogP) is 4.91. The van der Waals surface area contributed by atoms with Gasteiger partial charge >= 0.3 is 0 Å². The Morgan fingerprint density at radius 1 is 1.17 bits per heavy atom. The van der Waals surface area contributed by atoms with Gasteiger partial charge in [0.05, 0.1) is 22.9 Å². The zero-order valence-corrected chi connectivity index (χ0v) is 21.6. The van der Waals surface area contributed by atoms with Crippen LogP contribution in [0, 0.1) is 11.2 Å².